The van der Waals surface area contributed by atoms with Crippen LogP contribution < -0.4 is 15.4 Å². The van der Waals surface area contributed by atoms with Gasteiger partial charge in [0.25, 0.3) is 0 Å². The molecule has 0 unspecified atom stereocenters. The molecule has 0 spiro atoms. The first-order valence-corrected chi connectivity index (χ1v) is 6.59. The Kier molecular flexibility index (Phi) is 3.38. The molecule has 0 bridgehead atoms. The molecule has 98 valence electrons. The quantitative estimate of drug-likeness (QED) is 0.883. The number of methoxy groups -OCH3 is 1. The van der Waals surface area contributed by atoms with Gasteiger partial charge in [0, 0.05) is 17.9 Å². The van der Waals surface area contributed by atoms with Crippen molar-refractivity contribution in [3.8, 4) is 5.75 Å². The van der Waals surface area contributed by atoms with Crippen LogP contribution in [0.1, 0.15) is 11.1 Å². The highest BCUT2D eigenvalue weighted by molar-refractivity contribution is 5.65. The van der Waals surface area contributed by atoms with Crippen LogP contribution in [0.2, 0.25) is 0 Å². The zero-order valence-corrected chi connectivity index (χ0v) is 11.1. The fraction of sp³-hybridized carbons (Fsp3) is 0.250. The Labute approximate surface area is 113 Å². The van der Waals surface area contributed by atoms with Crippen molar-refractivity contribution < 1.29 is 4.74 Å². The van der Waals surface area contributed by atoms with Crippen LogP contribution in [0.4, 0.5) is 11.4 Å². The van der Waals surface area contributed by atoms with E-state index in [4.69, 9.17) is 4.74 Å². The summed E-state index contributed by atoms with van der Waals surface area (Å²) in [4.78, 5) is 0. The third-order valence-electron chi connectivity index (χ3n) is 3.51. The Hall–Kier alpha value is -2.00. The van der Waals surface area contributed by atoms with Crippen molar-refractivity contribution in [2.45, 2.75) is 13.0 Å². The molecule has 1 aliphatic rings. The first-order valence-electron chi connectivity index (χ1n) is 6.59. The smallest absolute Gasteiger partial charge is 0.119 e. The van der Waals surface area contributed by atoms with Gasteiger partial charge in [-0.3, -0.25) is 0 Å². The van der Waals surface area contributed by atoms with E-state index in [0.29, 0.717) is 0 Å². The van der Waals surface area contributed by atoms with Gasteiger partial charge in [-0.1, -0.05) is 12.1 Å². The summed E-state index contributed by atoms with van der Waals surface area (Å²) in [7, 11) is 1.68. The lowest BCUT2D eigenvalue weighted by molar-refractivity contribution is 0.415. The Morgan fingerprint density at radius 1 is 1.11 bits per heavy atom. The Morgan fingerprint density at radius 3 is 2.74 bits per heavy atom. The molecule has 1 heterocycles. The molecule has 0 saturated carbocycles. The number of nitrogens with one attached hydrogen (secondary N) is 2. The Balaban J connectivity index is 1.86. The van der Waals surface area contributed by atoms with Crippen LogP contribution in [-0.2, 0) is 13.0 Å². The highest BCUT2D eigenvalue weighted by atomic mass is 16.5. The molecule has 19 heavy (non-hydrogen) atoms. The molecule has 0 atom stereocenters. The topological polar surface area (TPSA) is 33.3 Å². The summed E-state index contributed by atoms with van der Waals surface area (Å²) < 4.78 is 5.17. The van der Waals surface area contributed by atoms with Crippen LogP contribution in [0.5, 0.6) is 5.75 Å². The van der Waals surface area contributed by atoms with Gasteiger partial charge in [0.15, 0.2) is 0 Å². The lowest BCUT2D eigenvalue weighted by Gasteiger charge is -2.21. The van der Waals surface area contributed by atoms with Gasteiger partial charge < -0.3 is 15.4 Å². The highest BCUT2D eigenvalue weighted by Crippen LogP contribution is 2.26. The zero-order chi connectivity index (χ0) is 13.1. The molecule has 3 nitrogen and oxygen atoms in total. The number of hydrogen-bond acceptors (Lipinski definition) is 3. The van der Waals surface area contributed by atoms with Crippen molar-refractivity contribution >= 4 is 11.4 Å². The molecule has 0 saturated heterocycles. The van der Waals surface area contributed by atoms with E-state index in [2.05, 4.69) is 28.8 Å². The van der Waals surface area contributed by atoms with Gasteiger partial charge in [-0.25, -0.2) is 0 Å². The van der Waals surface area contributed by atoms with Crippen LogP contribution in [0.3, 0.4) is 0 Å². The molecule has 3 rings (SSSR count). The number of benzene rings is 2. The van der Waals surface area contributed by atoms with Crippen molar-refractivity contribution in [2.75, 3.05) is 19.0 Å². The first kappa shape index (κ1) is 12.1. The second-order valence-corrected chi connectivity index (χ2v) is 4.72. The lowest BCUT2D eigenvalue weighted by Crippen LogP contribution is -2.24. The lowest BCUT2D eigenvalue weighted by atomic mass is 9.99. The van der Waals surface area contributed by atoms with Gasteiger partial charge in [-0.2, -0.15) is 0 Å². The fourth-order valence-electron chi connectivity index (χ4n) is 2.46. The summed E-state index contributed by atoms with van der Waals surface area (Å²) in [5.74, 6) is 0.877. The second-order valence-electron chi connectivity index (χ2n) is 4.72. The van der Waals surface area contributed by atoms with Gasteiger partial charge in [-0.15, -0.1) is 0 Å². The summed E-state index contributed by atoms with van der Waals surface area (Å²) in [6.45, 7) is 2.01. The number of ether oxygens (including phenoxy) is 1. The highest BCUT2D eigenvalue weighted by Gasteiger charge is 2.12. The zero-order valence-electron chi connectivity index (χ0n) is 11.1. The second kappa shape index (κ2) is 5.33. The monoisotopic (exact) mass is 254 g/mol. The standard InChI is InChI=1S/C16H18N2O/c1-19-14-7-5-13(6-8-14)18-16-4-2-3-12-9-10-17-11-15(12)16/h2-8,17-18H,9-11H2,1H3. The van der Waals surface area contributed by atoms with Gasteiger partial charge in [0.05, 0.1) is 7.11 Å². The predicted octanol–water partition coefficient (Wildman–Crippen LogP) is 3.08. The van der Waals surface area contributed by atoms with Gasteiger partial charge in [0.1, 0.15) is 5.75 Å². The molecule has 2 N–H and O–H groups in total. The Bertz CT molecular complexity index is 563. The molecule has 2 aromatic carbocycles. The summed E-state index contributed by atoms with van der Waals surface area (Å²) in [5, 5.41) is 6.91. The molecule has 0 aliphatic carbocycles. The fourth-order valence-corrected chi connectivity index (χ4v) is 2.46. The summed E-state index contributed by atoms with van der Waals surface area (Å²) >= 11 is 0. The maximum Gasteiger partial charge on any atom is 0.119 e. The predicted molar refractivity (Wildman–Crippen MR) is 78.1 cm³/mol. The van der Waals surface area contributed by atoms with Crippen molar-refractivity contribution in [3.05, 3.63) is 53.6 Å². The molecule has 0 amide bonds. The van der Waals surface area contributed by atoms with E-state index in [1.807, 2.05) is 24.3 Å². The van der Waals surface area contributed by atoms with Crippen LogP contribution in [0.25, 0.3) is 0 Å². The van der Waals surface area contributed by atoms with E-state index in [0.717, 1.165) is 30.9 Å². The van der Waals surface area contributed by atoms with E-state index in [1.54, 1.807) is 7.11 Å². The minimum atomic E-state index is 0.877. The van der Waals surface area contributed by atoms with Crippen molar-refractivity contribution in [2.24, 2.45) is 0 Å². The third kappa shape index (κ3) is 2.56. The molecule has 0 radical (unpaired) electrons. The molecular weight excluding hydrogens is 236 g/mol. The van der Waals surface area contributed by atoms with Gasteiger partial charge >= 0.3 is 0 Å². The average molecular weight is 254 g/mol. The van der Waals surface area contributed by atoms with Crippen LogP contribution in [-0.4, -0.2) is 13.7 Å². The number of hydrogen-bond donors (Lipinski definition) is 2. The normalized spacial score (nSPS) is 13.7. The van der Waals surface area contributed by atoms with Crippen molar-refractivity contribution in [1.82, 2.24) is 5.32 Å². The largest absolute Gasteiger partial charge is 0.497 e. The minimum absolute atomic E-state index is 0.877. The maximum atomic E-state index is 5.17. The number of anilines is 2. The van der Waals surface area contributed by atoms with Crippen LogP contribution >= 0.6 is 0 Å². The van der Waals surface area contributed by atoms with Gasteiger partial charge in [-0.05, 0) is 54.4 Å². The van der Waals surface area contributed by atoms with Crippen LogP contribution in [0.15, 0.2) is 42.5 Å². The molecule has 0 fully saturated rings. The Morgan fingerprint density at radius 2 is 1.95 bits per heavy atom. The molecule has 3 heteroatoms. The minimum Gasteiger partial charge on any atom is -0.497 e. The van der Waals surface area contributed by atoms with E-state index in [1.165, 1.54) is 16.8 Å². The third-order valence-corrected chi connectivity index (χ3v) is 3.51. The van der Waals surface area contributed by atoms with Gasteiger partial charge in [0.2, 0.25) is 0 Å². The molecular formula is C16H18N2O. The first-order chi connectivity index (χ1) is 9.36. The number of fused-ring (bicyclic) bond motifs is 1. The average Bonchev–Trinajstić information content (AvgIpc) is 2.48. The van der Waals surface area contributed by atoms with E-state index < -0.39 is 0 Å². The SMILES string of the molecule is COc1ccc(Nc2cccc3c2CNCC3)cc1. The van der Waals surface area contributed by atoms with E-state index in [9.17, 15) is 0 Å². The van der Waals surface area contributed by atoms with E-state index in [-0.39, 0.29) is 0 Å². The molecule has 1 aliphatic heterocycles. The maximum absolute atomic E-state index is 5.17. The van der Waals surface area contributed by atoms with Crippen LogP contribution in [0, 0.1) is 0 Å². The summed E-state index contributed by atoms with van der Waals surface area (Å²) in [6.07, 6.45) is 1.10. The van der Waals surface area contributed by atoms with E-state index >= 15 is 0 Å². The van der Waals surface area contributed by atoms with Crippen molar-refractivity contribution in [1.29, 1.82) is 0 Å². The van der Waals surface area contributed by atoms with Crippen molar-refractivity contribution in [3.63, 3.8) is 0 Å². The molecule has 2 aromatic rings. The number of rotatable bonds is 3. The summed E-state index contributed by atoms with van der Waals surface area (Å²) in [5.41, 5.74) is 5.09. The summed E-state index contributed by atoms with van der Waals surface area (Å²) in [6, 6.07) is 14.5. The molecule has 0 aromatic heterocycles.